The lowest BCUT2D eigenvalue weighted by molar-refractivity contribution is -0.302. The van der Waals surface area contributed by atoms with Gasteiger partial charge in [-0.1, -0.05) is 283 Å². The van der Waals surface area contributed by atoms with Crippen molar-refractivity contribution in [2.75, 3.05) is 13.2 Å². The van der Waals surface area contributed by atoms with Gasteiger partial charge in [-0.2, -0.15) is 0 Å². The minimum Gasteiger partial charge on any atom is -0.394 e. The van der Waals surface area contributed by atoms with Crippen LogP contribution >= 0.6 is 0 Å². The molecule has 1 rings (SSSR count). The van der Waals surface area contributed by atoms with E-state index in [4.69, 9.17) is 9.47 Å². The number of ether oxygens (including phenoxy) is 2. The minimum absolute atomic E-state index is 0.171. The van der Waals surface area contributed by atoms with Crippen molar-refractivity contribution in [3.05, 3.63) is 12.2 Å². The molecule has 1 aliphatic heterocycles. The van der Waals surface area contributed by atoms with Gasteiger partial charge in [-0.3, -0.25) is 4.79 Å². The summed E-state index contributed by atoms with van der Waals surface area (Å²) in [5, 5.41) is 54.5. The minimum atomic E-state index is -1.56. The SMILES string of the molecule is CCCCCCCCCCCCCCCCCCCCCCCCCCCC/C=C/C(O)C(COC1OC(CO)C(O)C(O)C1O)NC(=O)CCCCCCCCCCCCCCCCCC. The number of nitrogens with one attached hydrogen (secondary N) is 1. The molecule has 0 aliphatic carbocycles. The normalized spacial score (nSPS) is 19.7. The van der Waals surface area contributed by atoms with Gasteiger partial charge in [0.1, 0.15) is 24.4 Å². The molecule has 1 aliphatic rings. The zero-order chi connectivity index (χ0) is 48.7. The second-order valence-electron chi connectivity index (χ2n) is 20.8. The zero-order valence-corrected chi connectivity index (χ0v) is 44.2. The number of aliphatic hydroxyl groups is 5. The standard InChI is InChI=1S/C58H113NO8/c1-3-5-7-9-11-13-15-17-19-21-22-23-24-25-26-27-28-29-30-31-32-33-35-37-39-41-43-45-47-52(61)51(50-66-58-57(65)56(64)55(63)53(49-60)67-58)59-54(62)48-46-44-42-40-38-36-34-20-18-16-14-12-10-8-6-4-2/h45,47,51-53,55-58,60-61,63-65H,3-44,46,48-50H2,1-2H3,(H,59,62)/b47-45+. The summed E-state index contributed by atoms with van der Waals surface area (Å²) in [6.07, 6.45) is 52.8. The Balaban J connectivity index is 2.18. The van der Waals surface area contributed by atoms with Crippen molar-refractivity contribution in [2.45, 2.75) is 339 Å². The van der Waals surface area contributed by atoms with Crippen molar-refractivity contribution in [3.8, 4) is 0 Å². The molecule has 0 aromatic carbocycles. The van der Waals surface area contributed by atoms with Crippen LogP contribution in [-0.2, 0) is 14.3 Å². The fourth-order valence-corrected chi connectivity index (χ4v) is 9.69. The summed E-state index contributed by atoms with van der Waals surface area (Å²) in [6.45, 7) is 3.82. The van der Waals surface area contributed by atoms with Crippen molar-refractivity contribution in [1.29, 1.82) is 0 Å². The van der Waals surface area contributed by atoms with Crippen LogP contribution in [-0.4, -0.2) is 87.5 Å². The lowest BCUT2D eigenvalue weighted by Gasteiger charge is -2.40. The maximum atomic E-state index is 13.0. The van der Waals surface area contributed by atoms with Crippen LogP contribution in [0.3, 0.4) is 0 Å². The summed E-state index contributed by atoms with van der Waals surface area (Å²) in [5.74, 6) is -0.171. The molecule has 9 nitrogen and oxygen atoms in total. The van der Waals surface area contributed by atoms with Crippen molar-refractivity contribution < 1.29 is 39.8 Å². The molecular weight excluding hydrogens is 839 g/mol. The largest absolute Gasteiger partial charge is 0.394 e. The summed E-state index contributed by atoms with van der Waals surface area (Å²) in [4.78, 5) is 13.0. The van der Waals surface area contributed by atoms with E-state index in [1.54, 1.807) is 6.08 Å². The summed E-state index contributed by atoms with van der Waals surface area (Å²) in [7, 11) is 0. The molecule has 398 valence electrons. The van der Waals surface area contributed by atoms with Gasteiger partial charge in [-0.15, -0.1) is 0 Å². The molecule has 0 spiro atoms. The number of amides is 1. The lowest BCUT2D eigenvalue weighted by Crippen LogP contribution is -2.60. The Hall–Kier alpha value is -1.07. The molecule has 9 heteroatoms. The first-order valence-electron chi connectivity index (χ1n) is 29.4. The van der Waals surface area contributed by atoms with Crippen LogP contribution in [0.2, 0.25) is 0 Å². The van der Waals surface area contributed by atoms with E-state index in [9.17, 15) is 30.3 Å². The predicted molar refractivity (Wildman–Crippen MR) is 281 cm³/mol. The maximum Gasteiger partial charge on any atom is 0.220 e. The van der Waals surface area contributed by atoms with Crippen LogP contribution < -0.4 is 5.32 Å². The Labute approximate surface area is 414 Å². The van der Waals surface area contributed by atoms with E-state index in [-0.39, 0.29) is 12.5 Å². The van der Waals surface area contributed by atoms with Crippen LogP contribution in [0.4, 0.5) is 0 Å². The topological polar surface area (TPSA) is 149 Å². The highest BCUT2D eigenvalue weighted by Gasteiger charge is 2.44. The Morgan fingerprint density at radius 3 is 1.16 bits per heavy atom. The van der Waals surface area contributed by atoms with Crippen molar-refractivity contribution in [2.24, 2.45) is 0 Å². The monoisotopic (exact) mass is 952 g/mol. The van der Waals surface area contributed by atoms with Crippen molar-refractivity contribution in [1.82, 2.24) is 5.32 Å². The quantitative estimate of drug-likeness (QED) is 0.0261. The predicted octanol–water partition coefficient (Wildman–Crippen LogP) is 14.4. The van der Waals surface area contributed by atoms with Gasteiger partial charge in [0, 0.05) is 6.42 Å². The highest BCUT2D eigenvalue weighted by atomic mass is 16.7. The van der Waals surface area contributed by atoms with E-state index in [0.29, 0.717) is 6.42 Å². The van der Waals surface area contributed by atoms with Gasteiger partial charge < -0.3 is 40.3 Å². The average molecular weight is 953 g/mol. The van der Waals surface area contributed by atoms with Gasteiger partial charge in [0.05, 0.1) is 25.4 Å². The molecule has 0 bridgehead atoms. The number of carbonyl (C=O) groups is 1. The molecule has 1 fully saturated rings. The second-order valence-corrected chi connectivity index (χ2v) is 20.8. The molecule has 1 amide bonds. The van der Waals surface area contributed by atoms with Crippen LogP contribution in [0.1, 0.15) is 296 Å². The van der Waals surface area contributed by atoms with Crippen molar-refractivity contribution in [3.63, 3.8) is 0 Å². The number of hydrogen-bond donors (Lipinski definition) is 6. The van der Waals surface area contributed by atoms with Gasteiger partial charge >= 0.3 is 0 Å². The number of hydrogen-bond acceptors (Lipinski definition) is 8. The van der Waals surface area contributed by atoms with E-state index < -0.39 is 49.5 Å². The molecule has 7 unspecified atom stereocenters. The maximum absolute atomic E-state index is 13.0. The van der Waals surface area contributed by atoms with E-state index in [1.165, 1.54) is 238 Å². The Morgan fingerprint density at radius 1 is 0.493 bits per heavy atom. The summed E-state index contributed by atoms with van der Waals surface area (Å²) >= 11 is 0. The first-order valence-corrected chi connectivity index (χ1v) is 29.4. The van der Waals surface area contributed by atoms with Crippen molar-refractivity contribution >= 4 is 5.91 Å². The molecule has 7 atom stereocenters. The van der Waals surface area contributed by atoms with E-state index >= 15 is 0 Å². The first kappa shape index (κ1) is 63.9. The number of allylic oxidation sites excluding steroid dienone is 1. The smallest absolute Gasteiger partial charge is 0.220 e. The third-order valence-corrected chi connectivity index (χ3v) is 14.4. The number of aliphatic hydroxyl groups excluding tert-OH is 5. The molecule has 0 radical (unpaired) electrons. The number of carbonyl (C=O) groups excluding carboxylic acids is 1. The number of unbranched alkanes of at least 4 members (excludes halogenated alkanes) is 41. The Bertz CT molecular complexity index is 1060. The van der Waals surface area contributed by atoms with Crippen LogP contribution in [0.5, 0.6) is 0 Å². The van der Waals surface area contributed by atoms with E-state index in [2.05, 4.69) is 19.2 Å². The third-order valence-electron chi connectivity index (χ3n) is 14.4. The van der Waals surface area contributed by atoms with Gasteiger partial charge in [-0.25, -0.2) is 0 Å². The van der Waals surface area contributed by atoms with Gasteiger partial charge in [0.25, 0.3) is 0 Å². The molecule has 0 saturated carbocycles. The zero-order valence-electron chi connectivity index (χ0n) is 44.2. The lowest BCUT2D eigenvalue weighted by atomic mass is 9.99. The molecule has 0 aromatic heterocycles. The van der Waals surface area contributed by atoms with Crippen LogP contribution in [0.15, 0.2) is 12.2 Å². The molecule has 1 saturated heterocycles. The molecular formula is C58H113NO8. The Morgan fingerprint density at radius 2 is 0.821 bits per heavy atom. The first-order chi connectivity index (χ1) is 32.8. The van der Waals surface area contributed by atoms with E-state index in [1.807, 2.05) is 6.08 Å². The fraction of sp³-hybridized carbons (Fsp3) is 0.948. The van der Waals surface area contributed by atoms with Gasteiger partial charge in [0.2, 0.25) is 5.91 Å². The van der Waals surface area contributed by atoms with Crippen LogP contribution in [0.25, 0.3) is 0 Å². The van der Waals surface area contributed by atoms with Gasteiger partial charge in [-0.05, 0) is 19.3 Å². The van der Waals surface area contributed by atoms with Crippen LogP contribution in [0, 0.1) is 0 Å². The summed E-state index contributed by atoms with van der Waals surface area (Å²) < 4.78 is 11.3. The highest BCUT2D eigenvalue weighted by molar-refractivity contribution is 5.76. The molecule has 6 N–H and O–H groups in total. The summed E-state index contributed by atoms with van der Waals surface area (Å²) in [6, 6.07) is -0.800. The molecule has 67 heavy (non-hydrogen) atoms. The summed E-state index contributed by atoms with van der Waals surface area (Å²) in [5.41, 5.74) is 0. The number of rotatable bonds is 51. The molecule has 1 heterocycles. The fourth-order valence-electron chi connectivity index (χ4n) is 9.69. The Kier molecular flexibility index (Phi) is 46.3. The van der Waals surface area contributed by atoms with Gasteiger partial charge in [0.15, 0.2) is 6.29 Å². The molecule has 0 aromatic rings. The highest BCUT2D eigenvalue weighted by Crippen LogP contribution is 2.23. The van der Waals surface area contributed by atoms with E-state index in [0.717, 1.165) is 38.5 Å². The second kappa shape index (κ2) is 48.6. The third kappa shape index (κ3) is 38.3. The average Bonchev–Trinajstić information content (AvgIpc) is 3.33.